The van der Waals surface area contributed by atoms with Crippen LogP contribution in [0.2, 0.25) is 0 Å². The van der Waals surface area contributed by atoms with E-state index in [2.05, 4.69) is 10.4 Å². The first-order valence-corrected chi connectivity index (χ1v) is 12.1. The van der Waals surface area contributed by atoms with Crippen molar-refractivity contribution in [3.05, 3.63) is 70.9 Å². The Morgan fingerprint density at radius 3 is 1.93 bits per heavy atom. The van der Waals surface area contributed by atoms with Gasteiger partial charge in [0.25, 0.3) is 5.91 Å². The molecule has 3 aromatic rings. The van der Waals surface area contributed by atoms with Crippen molar-refractivity contribution in [2.45, 2.75) is 45.5 Å². The van der Waals surface area contributed by atoms with Gasteiger partial charge in [0.05, 0.1) is 29.6 Å². The normalized spacial score (nSPS) is 12.3. The van der Waals surface area contributed by atoms with Gasteiger partial charge in [-0.1, -0.05) is 20.8 Å². The predicted octanol–water partition coefficient (Wildman–Crippen LogP) is 6.32. The fraction of sp³-hybridized carbons (Fsp3) is 0.370. The van der Waals surface area contributed by atoms with E-state index in [0.29, 0.717) is 29.3 Å². The van der Waals surface area contributed by atoms with Gasteiger partial charge in [-0.3, -0.25) is 9.59 Å². The smallest absolute Gasteiger partial charge is 0.416 e. The number of ether oxygens (including phenoxy) is 1. The molecule has 0 aliphatic heterocycles. The third kappa shape index (κ3) is 7.13. The Morgan fingerprint density at radius 1 is 0.925 bits per heavy atom. The molecule has 0 aliphatic rings. The van der Waals surface area contributed by atoms with Crippen LogP contribution in [-0.2, 0) is 22.6 Å². The highest BCUT2D eigenvalue weighted by atomic mass is 19.4. The number of carbonyl (C=O) groups is 2. The van der Waals surface area contributed by atoms with Crippen LogP contribution in [0, 0.1) is 0 Å². The molecule has 3 rings (SSSR count). The van der Waals surface area contributed by atoms with E-state index in [1.54, 1.807) is 30.3 Å². The largest absolute Gasteiger partial charge is 0.497 e. The molecular formula is C27H28F6N4O3. The number of hydrogen-bond donors (Lipinski definition) is 1. The number of hydrogen-bond acceptors (Lipinski definition) is 4. The summed E-state index contributed by atoms with van der Waals surface area (Å²) in [7, 11) is 1.51. The van der Waals surface area contributed by atoms with Crippen LogP contribution in [0.5, 0.6) is 5.75 Å². The zero-order valence-electron chi connectivity index (χ0n) is 22.4. The fourth-order valence-electron chi connectivity index (χ4n) is 3.70. The van der Waals surface area contributed by atoms with Gasteiger partial charge in [-0.2, -0.15) is 31.4 Å². The average Bonchev–Trinajstić information content (AvgIpc) is 3.29. The van der Waals surface area contributed by atoms with Crippen LogP contribution >= 0.6 is 0 Å². The predicted molar refractivity (Wildman–Crippen MR) is 135 cm³/mol. The number of nitrogens with zero attached hydrogens (tertiary/aromatic N) is 3. The number of anilines is 1. The average molecular weight is 571 g/mol. The van der Waals surface area contributed by atoms with Gasteiger partial charge in [-0.25, -0.2) is 4.68 Å². The van der Waals surface area contributed by atoms with Crippen molar-refractivity contribution in [2.75, 3.05) is 25.5 Å². The Hall–Kier alpha value is -4.03. The lowest BCUT2D eigenvalue weighted by molar-refractivity contribution is -0.143. The van der Waals surface area contributed by atoms with Gasteiger partial charge < -0.3 is 15.0 Å². The minimum Gasteiger partial charge on any atom is -0.497 e. The van der Waals surface area contributed by atoms with E-state index < -0.39 is 52.8 Å². The number of rotatable bonds is 7. The topological polar surface area (TPSA) is 76.5 Å². The second-order valence-corrected chi connectivity index (χ2v) is 9.94. The number of alkyl halides is 6. The molecule has 0 unspecified atom stereocenters. The Kier molecular flexibility index (Phi) is 8.56. The number of aromatic nitrogens is 2. The Morgan fingerprint density at radius 2 is 1.48 bits per heavy atom. The van der Waals surface area contributed by atoms with Gasteiger partial charge >= 0.3 is 12.4 Å². The summed E-state index contributed by atoms with van der Waals surface area (Å²) in [5.41, 5.74) is -3.27. The Bertz CT molecular complexity index is 1340. The molecule has 1 heterocycles. The third-order valence-corrected chi connectivity index (χ3v) is 5.90. The van der Waals surface area contributed by atoms with Crippen LogP contribution < -0.4 is 10.1 Å². The summed E-state index contributed by atoms with van der Waals surface area (Å²) in [6.45, 7) is 6.41. The zero-order valence-corrected chi connectivity index (χ0v) is 22.4. The maximum Gasteiger partial charge on any atom is 0.416 e. The SMILES string of the molecule is CCN(CC(=O)Nc1cc(C(C)(C)C)nn1-c1ccc(OC)cc1)C(=O)c1cc(C(F)(F)F)cc(C(F)(F)F)c1. The summed E-state index contributed by atoms with van der Waals surface area (Å²) in [5.74, 6) is -1.04. The van der Waals surface area contributed by atoms with Crippen molar-refractivity contribution in [2.24, 2.45) is 0 Å². The van der Waals surface area contributed by atoms with E-state index in [1.165, 1.54) is 18.7 Å². The molecule has 7 nitrogen and oxygen atoms in total. The second-order valence-electron chi connectivity index (χ2n) is 9.94. The molecule has 216 valence electrons. The Balaban J connectivity index is 1.90. The first-order chi connectivity index (χ1) is 18.4. The van der Waals surface area contributed by atoms with Gasteiger partial charge in [-0.05, 0) is 49.4 Å². The van der Waals surface area contributed by atoms with Crippen molar-refractivity contribution in [1.29, 1.82) is 0 Å². The van der Waals surface area contributed by atoms with Crippen molar-refractivity contribution in [3.63, 3.8) is 0 Å². The fourth-order valence-corrected chi connectivity index (χ4v) is 3.70. The van der Waals surface area contributed by atoms with Gasteiger partial charge in [0, 0.05) is 23.6 Å². The molecule has 0 spiro atoms. The van der Waals surface area contributed by atoms with Gasteiger partial charge in [0.2, 0.25) is 5.91 Å². The van der Waals surface area contributed by atoms with Gasteiger partial charge in [0.15, 0.2) is 0 Å². The molecule has 2 aromatic carbocycles. The summed E-state index contributed by atoms with van der Waals surface area (Å²) >= 11 is 0. The molecule has 0 aliphatic carbocycles. The van der Waals surface area contributed by atoms with E-state index >= 15 is 0 Å². The molecule has 0 saturated heterocycles. The number of benzene rings is 2. The first-order valence-electron chi connectivity index (χ1n) is 12.1. The lowest BCUT2D eigenvalue weighted by Crippen LogP contribution is -2.38. The lowest BCUT2D eigenvalue weighted by Gasteiger charge is -2.22. The number of likely N-dealkylation sites (N-methyl/N-ethyl adjacent to an activating group) is 1. The van der Waals surface area contributed by atoms with Crippen LogP contribution in [0.3, 0.4) is 0 Å². The van der Waals surface area contributed by atoms with E-state index in [4.69, 9.17) is 4.74 Å². The van der Waals surface area contributed by atoms with Crippen LogP contribution in [0.1, 0.15) is 54.9 Å². The maximum atomic E-state index is 13.3. The van der Waals surface area contributed by atoms with Crippen molar-refractivity contribution >= 4 is 17.6 Å². The molecule has 40 heavy (non-hydrogen) atoms. The van der Waals surface area contributed by atoms with E-state index in [1.807, 2.05) is 20.8 Å². The van der Waals surface area contributed by atoms with Crippen molar-refractivity contribution in [1.82, 2.24) is 14.7 Å². The lowest BCUT2D eigenvalue weighted by atomic mass is 9.92. The summed E-state index contributed by atoms with van der Waals surface area (Å²) in [5, 5.41) is 7.22. The number of halogens is 6. The monoisotopic (exact) mass is 570 g/mol. The number of nitrogens with one attached hydrogen (secondary N) is 1. The second kappa shape index (κ2) is 11.2. The van der Waals surface area contributed by atoms with E-state index in [0.717, 1.165) is 4.90 Å². The van der Waals surface area contributed by atoms with Crippen LogP contribution in [0.25, 0.3) is 5.69 Å². The number of amides is 2. The first kappa shape index (κ1) is 30.5. The van der Waals surface area contributed by atoms with Crippen molar-refractivity contribution < 1.29 is 40.7 Å². The molecule has 0 bridgehead atoms. The Labute approximate surface area is 226 Å². The van der Waals surface area contributed by atoms with Crippen molar-refractivity contribution in [3.8, 4) is 11.4 Å². The standard InChI is InChI=1S/C27H28F6N4O3/c1-6-36(24(39)16-11-17(26(28,29)30)13-18(12-16)27(31,32)33)15-23(38)34-22-14-21(25(2,3)4)35-37(22)19-7-9-20(40-5)10-8-19/h7-14H,6,15H2,1-5H3,(H,34,38). The minimum atomic E-state index is -5.12. The molecular weight excluding hydrogens is 542 g/mol. The molecule has 0 fully saturated rings. The molecule has 1 aromatic heterocycles. The molecule has 0 atom stereocenters. The molecule has 1 N–H and O–H groups in total. The summed E-state index contributed by atoms with van der Waals surface area (Å²) in [6, 6.07) is 9.07. The number of methoxy groups -OCH3 is 1. The quantitative estimate of drug-likeness (QED) is 0.338. The molecule has 2 amide bonds. The highest BCUT2D eigenvalue weighted by Gasteiger charge is 2.38. The van der Waals surface area contributed by atoms with Crippen LogP contribution in [0.15, 0.2) is 48.5 Å². The maximum absolute atomic E-state index is 13.3. The zero-order chi connectivity index (χ0) is 30.0. The van der Waals surface area contributed by atoms with Gasteiger partial charge in [-0.15, -0.1) is 0 Å². The van der Waals surface area contributed by atoms with Crippen LogP contribution in [-0.4, -0.2) is 46.7 Å². The van der Waals surface area contributed by atoms with Crippen LogP contribution in [0.4, 0.5) is 32.2 Å². The summed E-state index contributed by atoms with van der Waals surface area (Å²) in [4.78, 5) is 26.8. The molecule has 0 radical (unpaired) electrons. The third-order valence-electron chi connectivity index (χ3n) is 5.90. The highest BCUT2D eigenvalue weighted by molar-refractivity contribution is 5.99. The summed E-state index contributed by atoms with van der Waals surface area (Å²) in [6.07, 6.45) is -10.2. The van der Waals surface area contributed by atoms with E-state index in [9.17, 15) is 35.9 Å². The van der Waals surface area contributed by atoms with Gasteiger partial charge in [0.1, 0.15) is 18.1 Å². The molecule has 13 heteroatoms. The molecule has 0 saturated carbocycles. The van der Waals surface area contributed by atoms with E-state index in [-0.39, 0.29) is 18.4 Å². The summed E-state index contributed by atoms with van der Waals surface area (Å²) < 4.78 is 86.3. The highest BCUT2D eigenvalue weighted by Crippen LogP contribution is 2.36. The number of carbonyl (C=O) groups excluding carboxylic acids is 2. The minimum absolute atomic E-state index is 0.0626.